The molecule has 1 N–H and O–H groups in total. The number of hydrogen-bond donors (Lipinski definition) is 1. The Hall–Kier alpha value is -1.18. The topological polar surface area (TPSA) is 21.3 Å². The Balaban J connectivity index is 2.05. The van der Waals surface area contributed by atoms with Crippen molar-refractivity contribution in [3.05, 3.63) is 23.8 Å². The summed E-state index contributed by atoms with van der Waals surface area (Å²) in [6.07, 6.45) is 3.88. The fourth-order valence-electron chi connectivity index (χ4n) is 3.29. The minimum atomic E-state index is 0.506. The van der Waals surface area contributed by atoms with Crippen molar-refractivity contribution in [2.75, 3.05) is 12.4 Å². The van der Waals surface area contributed by atoms with Crippen molar-refractivity contribution in [2.24, 2.45) is 11.3 Å². The number of ether oxygens (including phenoxy) is 1. The average Bonchev–Trinajstić information content (AvgIpc) is 2.34. The Morgan fingerprint density at radius 3 is 2.63 bits per heavy atom. The van der Waals surface area contributed by atoms with Crippen molar-refractivity contribution in [3.8, 4) is 5.75 Å². The molecule has 1 aromatic rings. The van der Waals surface area contributed by atoms with Gasteiger partial charge in [-0.3, -0.25) is 0 Å². The first-order valence-electron chi connectivity index (χ1n) is 7.32. The second-order valence-corrected chi connectivity index (χ2v) is 6.82. The zero-order valence-corrected chi connectivity index (χ0v) is 12.9. The number of hydrogen-bond acceptors (Lipinski definition) is 2. The summed E-state index contributed by atoms with van der Waals surface area (Å²) in [6.45, 7) is 9.29. The van der Waals surface area contributed by atoms with E-state index in [1.54, 1.807) is 7.11 Å². The molecule has 0 aliphatic heterocycles. The highest BCUT2D eigenvalue weighted by Gasteiger charge is 2.32. The smallest absolute Gasteiger partial charge is 0.119 e. The van der Waals surface area contributed by atoms with Crippen LogP contribution >= 0.6 is 0 Å². The van der Waals surface area contributed by atoms with Crippen LogP contribution in [0.25, 0.3) is 0 Å². The summed E-state index contributed by atoms with van der Waals surface area (Å²) in [7, 11) is 1.72. The molecule has 106 valence electrons. The number of anilines is 1. The van der Waals surface area contributed by atoms with Crippen LogP contribution in [0.5, 0.6) is 5.75 Å². The number of benzene rings is 1. The lowest BCUT2D eigenvalue weighted by atomic mass is 9.70. The molecule has 19 heavy (non-hydrogen) atoms. The molecule has 2 unspecified atom stereocenters. The summed E-state index contributed by atoms with van der Waals surface area (Å²) in [4.78, 5) is 0. The van der Waals surface area contributed by atoms with Gasteiger partial charge in [0.15, 0.2) is 0 Å². The van der Waals surface area contributed by atoms with Crippen LogP contribution < -0.4 is 10.1 Å². The van der Waals surface area contributed by atoms with E-state index < -0.39 is 0 Å². The zero-order chi connectivity index (χ0) is 14.0. The number of rotatable bonds is 3. The van der Waals surface area contributed by atoms with Crippen LogP contribution in [0.4, 0.5) is 5.69 Å². The van der Waals surface area contributed by atoms with E-state index in [2.05, 4.69) is 45.1 Å². The van der Waals surface area contributed by atoms with Crippen molar-refractivity contribution >= 4 is 5.69 Å². The second-order valence-electron chi connectivity index (χ2n) is 6.82. The molecule has 2 atom stereocenters. The summed E-state index contributed by atoms with van der Waals surface area (Å²) in [5.41, 5.74) is 3.01. The van der Waals surface area contributed by atoms with E-state index in [0.29, 0.717) is 11.5 Å². The summed E-state index contributed by atoms with van der Waals surface area (Å²) < 4.78 is 5.26. The normalized spacial score (nSPS) is 25.9. The molecular formula is C17H27NO. The monoisotopic (exact) mass is 261 g/mol. The third-order valence-electron chi connectivity index (χ3n) is 4.47. The lowest BCUT2D eigenvalue weighted by Gasteiger charge is -2.40. The molecule has 2 heteroatoms. The third-order valence-corrected chi connectivity index (χ3v) is 4.47. The molecule has 0 saturated heterocycles. The first kappa shape index (κ1) is 14.2. The van der Waals surface area contributed by atoms with Crippen LogP contribution in [-0.4, -0.2) is 13.2 Å². The lowest BCUT2D eigenvalue weighted by molar-refractivity contribution is 0.177. The average molecular weight is 261 g/mol. The van der Waals surface area contributed by atoms with E-state index in [1.807, 2.05) is 6.07 Å². The van der Waals surface area contributed by atoms with Gasteiger partial charge in [-0.15, -0.1) is 0 Å². The summed E-state index contributed by atoms with van der Waals surface area (Å²) in [5.74, 6) is 1.66. The van der Waals surface area contributed by atoms with Crippen LogP contribution in [0.2, 0.25) is 0 Å². The molecule has 1 aromatic carbocycles. The summed E-state index contributed by atoms with van der Waals surface area (Å²) in [6, 6.07) is 6.87. The maximum atomic E-state index is 5.26. The molecule has 0 bridgehead atoms. The number of methoxy groups -OCH3 is 1. The molecule has 0 radical (unpaired) electrons. The third kappa shape index (κ3) is 3.43. The molecule has 0 heterocycles. The van der Waals surface area contributed by atoms with E-state index in [1.165, 1.54) is 30.5 Å². The van der Waals surface area contributed by atoms with Gasteiger partial charge in [-0.1, -0.05) is 20.8 Å². The van der Waals surface area contributed by atoms with Gasteiger partial charge in [0, 0.05) is 11.7 Å². The molecule has 0 aromatic heterocycles. The second kappa shape index (κ2) is 5.44. The van der Waals surface area contributed by atoms with Gasteiger partial charge in [-0.25, -0.2) is 0 Å². The Morgan fingerprint density at radius 2 is 2.05 bits per heavy atom. The molecule has 1 aliphatic carbocycles. The van der Waals surface area contributed by atoms with Crippen molar-refractivity contribution in [2.45, 2.75) is 53.0 Å². The quantitative estimate of drug-likeness (QED) is 0.856. The van der Waals surface area contributed by atoms with E-state index in [-0.39, 0.29) is 0 Å². The van der Waals surface area contributed by atoms with Crippen LogP contribution in [0.1, 0.15) is 45.6 Å². The minimum Gasteiger partial charge on any atom is -0.497 e. The van der Waals surface area contributed by atoms with Crippen molar-refractivity contribution in [3.63, 3.8) is 0 Å². The highest BCUT2D eigenvalue weighted by atomic mass is 16.5. The Bertz CT molecular complexity index is 439. The van der Waals surface area contributed by atoms with E-state index in [0.717, 1.165) is 11.7 Å². The van der Waals surface area contributed by atoms with Gasteiger partial charge in [0.25, 0.3) is 0 Å². The van der Waals surface area contributed by atoms with Gasteiger partial charge < -0.3 is 10.1 Å². The molecule has 2 rings (SSSR count). The van der Waals surface area contributed by atoms with Crippen molar-refractivity contribution in [1.29, 1.82) is 0 Å². The van der Waals surface area contributed by atoms with Gasteiger partial charge in [-0.05, 0) is 61.3 Å². The molecular weight excluding hydrogens is 234 g/mol. The maximum absolute atomic E-state index is 5.26. The maximum Gasteiger partial charge on any atom is 0.119 e. The predicted octanol–water partition coefficient (Wildman–Crippen LogP) is 4.63. The highest BCUT2D eigenvalue weighted by Crippen LogP contribution is 2.39. The highest BCUT2D eigenvalue weighted by molar-refractivity contribution is 5.54. The Labute approximate surface area is 117 Å². The fraction of sp³-hybridized carbons (Fsp3) is 0.647. The van der Waals surface area contributed by atoms with Crippen LogP contribution in [0.3, 0.4) is 0 Å². The van der Waals surface area contributed by atoms with Crippen molar-refractivity contribution < 1.29 is 4.74 Å². The summed E-state index contributed by atoms with van der Waals surface area (Å²) in [5, 5.41) is 3.73. The van der Waals surface area contributed by atoms with Crippen molar-refractivity contribution in [1.82, 2.24) is 0 Å². The minimum absolute atomic E-state index is 0.506. The van der Waals surface area contributed by atoms with Crippen LogP contribution in [0.15, 0.2) is 18.2 Å². The molecule has 1 fully saturated rings. The molecule has 2 nitrogen and oxygen atoms in total. The molecule has 0 spiro atoms. The number of nitrogens with one attached hydrogen (secondary N) is 1. The van der Waals surface area contributed by atoms with E-state index in [4.69, 9.17) is 4.74 Å². The SMILES string of the molecule is COc1ccc(NC2CCC(C)(C)CC2C)c(C)c1. The molecule has 1 saturated carbocycles. The predicted molar refractivity (Wildman–Crippen MR) is 81.9 cm³/mol. The van der Waals surface area contributed by atoms with Gasteiger partial charge in [0.2, 0.25) is 0 Å². The summed E-state index contributed by atoms with van der Waals surface area (Å²) >= 11 is 0. The number of aryl methyl sites for hydroxylation is 1. The van der Waals surface area contributed by atoms with Gasteiger partial charge in [0.05, 0.1) is 7.11 Å². The van der Waals surface area contributed by atoms with E-state index >= 15 is 0 Å². The van der Waals surface area contributed by atoms with Gasteiger partial charge >= 0.3 is 0 Å². The van der Waals surface area contributed by atoms with E-state index in [9.17, 15) is 0 Å². The van der Waals surface area contributed by atoms with Gasteiger partial charge in [0.1, 0.15) is 5.75 Å². The largest absolute Gasteiger partial charge is 0.497 e. The van der Waals surface area contributed by atoms with Crippen LogP contribution in [0, 0.1) is 18.3 Å². The standard InChI is InChI=1S/C17H27NO/c1-12-10-14(19-5)6-7-15(12)18-16-8-9-17(3,4)11-13(16)2/h6-7,10,13,16,18H,8-9,11H2,1-5H3. The Kier molecular flexibility index (Phi) is 4.07. The first-order chi connectivity index (χ1) is 8.91. The molecule has 1 aliphatic rings. The Morgan fingerprint density at radius 1 is 1.32 bits per heavy atom. The lowest BCUT2D eigenvalue weighted by Crippen LogP contribution is -2.37. The molecule has 0 amide bonds. The zero-order valence-electron chi connectivity index (χ0n) is 12.9. The fourth-order valence-corrected chi connectivity index (χ4v) is 3.29. The first-order valence-corrected chi connectivity index (χ1v) is 7.32. The van der Waals surface area contributed by atoms with Crippen LogP contribution in [-0.2, 0) is 0 Å². The van der Waals surface area contributed by atoms with Gasteiger partial charge in [-0.2, -0.15) is 0 Å².